The van der Waals surface area contributed by atoms with Crippen LogP contribution in [0.3, 0.4) is 0 Å². The number of hydrogen-bond acceptors (Lipinski definition) is 8. The molecule has 0 aliphatic heterocycles. The van der Waals surface area contributed by atoms with E-state index >= 15 is 0 Å². The topological polar surface area (TPSA) is 119 Å². The van der Waals surface area contributed by atoms with Crippen molar-refractivity contribution < 1.29 is 9.53 Å². The van der Waals surface area contributed by atoms with Crippen LogP contribution >= 0.6 is 11.8 Å². The van der Waals surface area contributed by atoms with Gasteiger partial charge in [0.25, 0.3) is 5.95 Å². The molecule has 9 nitrogen and oxygen atoms in total. The predicted molar refractivity (Wildman–Crippen MR) is 123 cm³/mol. The van der Waals surface area contributed by atoms with Crippen LogP contribution in [0.2, 0.25) is 0 Å². The van der Waals surface area contributed by atoms with Crippen molar-refractivity contribution in [1.29, 1.82) is 0 Å². The van der Waals surface area contributed by atoms with Crippen LogP contribution in [0.4, 0.5) is 5.95 Å². The Morgan fingerprint density at radius 2 is 1.90 bits per heavy atom. The van der Waals surface area contributed by atoms with Crippen molar-refractivity contribution in [3.8, 4) is 5.75 Å². The minimum absolute atomic E-state index is 0.131. The monoisotopic (exact) mass is 439 g/mol. The largest absolute Gasteiger partial charge is 0.497 e. The van der Waals surface area contributed by atoms with Gasteiger partial charge in [-0.2, -0.15) is 5.10 Å². The van der Waals surface area contributed by atoms with E-state index in [0.717, 1.165) is 29.0 Å². The van der Waals surface area contributed by atoms with Gasteiger partial charge in [0.1, 0.15) is 5.75 Å². The minimum Gasteiger partial charge on any atom is -0.497 e. The van der Waals surface area contributed by atoms with E-state index in [0.29, 0.717) is 17.6 Å². The predicted octanol–water partition coefficient (Wildman–Crippen LogP) is 2.64. The summed E-state index contributed by atoms with van der Waals surface area (Å²) in [5, 5.41) is 15.7. The van der Waals surface area contributed by atoms with Gasteiger partial charge in [0, 0.05) is 6.54 Å². The molecule has 162 valence electrons. The summed E-state index contributed by atoms with van der Waals surface area (Å²) in [6.45, 7) is 2.45. The fourth-order valence-corrected chi connectivity index (χ4v) is 3.36. The van der Waals surface area contributed by atoms with Crippen molar-refractivity contribution in [1.82, 2.24) is 20.2 Å². The van der Waals surface area contributed by atoms with Crippen molar-refractivity contribution in [2.45, 2.75) is 25.0 Å². The highest BCUT2D eigenvalue weighted by Crippen LogP contribution is 2.17. The maximum Gasteiger partial charge on any atom is 0.264 e. The summed E-state index contributed by atoms with van der Waals surface area (Å²) in [7, 11) is 1.61. The van der Waals surface area contributed by atoms with Gasteiger partial charge in [-0.3, -0.25) is 4.79 Å². The molecule has 1 heterocycles. The number of amides is 1. The quantitative estimate of drug-likeness (QED) is 0.192. The highest BCUT2D eigenvalue weighted by Gasteiger charge is 2.12. The van der Waals surface area contributed by atoms with Crippen molar-refractivity contribution in [3.05, 3.63) is 65.7 Å². The van der Waals surface area contributed by atoms with Gasteiger partial charge in [-0.1, -0.05) is 61.2 Å². The van der Waals surface area contributed by atoms with Gasteiger partial charge < -0.3 is 15.9 Å². The number of benzene rings is 2. The maximum atomic E-state index is 12.1. The van der Waals surface area contributed by atoms with E-state index in [2.05, 4.69) is 26.0 Å². The van der Waals surface area contributed by atoms with E-state index in [-0.39, 0.29) is 11.7 Å². The summed E-state index contributed by atoms with van der Waals surface area (Å²) in [6.07, 6.45) is 0.742. The van der Waals surface area contributed by atoms with E-state index in [1.165, 1.54) is 16.4 Å². The zero-order valence-electron chi connectivity index (χ0n) is 17.4. The number of anilines is 1. The molecular weight excluding hydrogens is 414 g/mol. The number of hydrogen-bond donors (Lipinski definition) is 3. The van der Waals surface area contributed by atoms with Gasteiger partial charge in [0.05, 0.1) is 18.6 Å². The first-order valence-corrected chi connectivity index (χ1v) is 10.7. The summed E-state index contributed by atoms with van der Waals surface area (Å²) in [6, 6.07) is 17.4. The summed E-state index contributed by atoms with van der Waals surface area (Å²) in [5.41, 5.74) is 5.73. The Kier molecular flexibility index (Phi) is 7.88. The van der Waals surface area contributed by atoms with Gasteiger partial charge in [0.2, 0.25) is 11.1 Å². The Morgan fingerprint density at radius 3 is 2.58 bits per heavy atom. The third kappa shape index (κ3) is 6.22. The second kappa shape index (κ2) is 11.0. The Balaban J connectivity index is 1.51. The van der Waals surface area contributed by atoms with Gasteiger partial charge in [0.15, 0.2) is 0 Å². The molecule has 4 N–H and O–H groups in total. The molecule has 3 rings (SSSR count). The molecule has 0 atom stereocenters. The molecule has 0 saturated heterocycles. The van der Waals surface area contributed by atoms with E-state index in [1.807, 2.05) is 61.5 Å². The number of ether oxygens (including phenoxy) is 1. The fourth-order valence-electron chi connectivity index (χ4n) is 2.67. The molecule has 0 saturated carbocycles. The number of nitrogens with two attached hydrogens (primary N) is 1. The number of rotatable bonds is 10. The normalized spacial score (nSPS) is 11.2. The lowest BCUT2D eigenvalue weighted by Crippen LogP contribution is -2.25. The van der Waals surface area contributed by atoms with E-state index < -0.39 is 0 Å². The number of thioether (sulfide) groups is 1. The summed E-state index contributed by atoms with van der Waals surface area (Å²) in [4.78, 5) is 12.1. The molecule has 0 unspecified atom stereocenters. The number of methoxy groups -OCH3 is 1. The van der Waals surface area contributed by atoms with Gasteiger partial charge in [-0.15, -0.1) is 10.2 Å². The smallest absolute Gasteiger partial charge is 0.264 e. The number of nitrogens with zero attached hydrogens (tertiary/aromatic N) is 4. The number of carbonyl (C=O) groups is 1. The van der Waals surface area contributed by atoms with Crippen molar-refractivity contribution in [3.63, 3.8) is 0 Å². The third-order valence-corrected chi connectivity index (χ3v) is 5.32. The number of nitrogens with one attached hydrogen (secondary N) is 2. The zero-order valence-corrected chi connectivity index (χ0v) is 18.2. The molecule has 1 aromatic heterocycles. The van der Waals surface area contributed by atoms with Crippen LogP contribution in [0.25, 0.3) is 0 Å². The number of nitrogen functional groups attached to an aromatic ring is 1. The average Bonchev–Trinajstić information content (AvgIpc) is 3.17. The first-order chi connectivity index (χ1) is 15.1. The summed E-state index contributed by atoms with van der Waals surface area (Å²) >= 11 is 1.20. The van der Waals surface area contributed by atoms with Crippen molar-refractivity contribution in [2.24, 2.45) is 5.10 Å². The average molecular weight is 440 g/mol. The SMILES string of the molecule is CC/C(=N/Nc1nnc(SCC(=O)NCc2ccc(OC)cc2)n1N)c1ccccc1. The molecule has 0 fully saturated rings. The second-order valence-corrected chi connectivity index (χ2v) is 7.42. The van der Waals surface area contributed by atoms with Crippen LogP contribution in [0.5, 0.6) is 5.75 Å². The van der Waals surface area contributed by atoms with E-state index in [1.54, 1.807) is 7.11 Å². The Bertz CT molecular complexity index is 1020. The molecule has 0 bridgehead atoms. The van der Waals surface area contributed by atoms with Gasteiger partial charge in [-0.05, 0) is 29.7 Å². The van der Waals surface area contributed by atoms with E-state index in [4.69, 9.17) is 10.6 Å². The van der Waals surface area contributed by atoms with Crippen LogP contribution in [0, 0.1) is 0 Å². The molecule has 0 aliphatic rings. The molecule has 0 spiro atoms. The standard InChI is InChI=1S/C21H25N7O2S/c1-3-18(16-7-5-4-6-8-16)24-25-20-26-27-21(28(20)22)31-14-19(29)23-13-15-9-11-17(30-2)12-10-15/h4-12H,3,13-14,22H2,1-2H3,(H,23,29)(H,25,26)/b24-18-. The van der Waals surface area contributed by atoms with Crippen molar-refractivity contribution >= 4 is 29.3 Å². The number of hydrazone groups is 1. The molecule has 0 radical (unpaired) electrons. The number of carbonyl (C=O) groups excluding carboxylic acids is 1. The first kappa shape index (κ1) is 22.2. The van der Waals surface area contributed by atoms with Gasteiger partial charge >= 0.3 is 0 Å². The summed E-state index contributed by atoms with van der Waals surface area (Å²) < 4.78 is 6.40. The molecule has 3 aromatic rings. The van der Waals surface area contributed by atoms with Crippen LogP contribution in [0.1, 0.15) is 24.5 Å². The third-order valence-electron chi connectivity index (χ3n) is 4.38. The lowest BCUT2D eigenvalue weighted by atomic mass is 10.1. The lowest BCUT2D eigenvalue weighted by Gasteiger charge is -2.07. The van der Waals surface area contributed by atoms with Crippen LogP contribution in [-0.2, 0) is 11.3 Å². The molecule has 1 amide bonds. The van der Waals surface area contributed by atoms with Crippen LogP contribution in [-0.4, -0.2) is 39.4 Å². The fraction of sp³-hybridized carbons (Fsp3) is 0.238. The Morgan fingerprint density at radius 1 is 1.16 bits per heavy atom. The highest BCUT2D eigenvalue weighted by molar-refractivity contribution is 7.99. The number of aromatic nitrogens is 3. The second-order valence-electron chi connectivity index (χ2n) is 6.48. The van der Waals surface area contributed by atoms with Gasteiger partial charge in [-0.25, -0.2) is 10.1 Å². The Labute approximate surface area is 185 Å². The molecule has 31 heavy (non-hydrogen) atoms. The zero-order chi connectivity index (χ0) is 22.1. The molecule has 0 aliphatic carbocycles. The highest BCUT2D eigenvalue weighted by atomic mass is 32.2. The van der Waals surface area contributed by atoms with Crippen molar-refractivity contribution in [2.75, 3.05) is 24.1 Å². The molecule has 10 heteroatoms. The summed E-state index contributed by atoms with van der Waals surface area (Å²) in [5.74, 6) is 7.15. The maximum absolute atomic E-state index is 12.1. The lowest BCUT2D eigenvalue weighted by molar-refractivity contribution is -0.118. The van der Waals surface area contributed by atoms with Crippen LogP contribution in [0.15, 0.2) is 64.9 Å². The molecular formula is C21H25N7O2S. The van der Waals surface area contributed by atoms with Crippen LogP contribution < -0.4 is 21.3 Å². The Hall–Kier alpha value is -3.53. The minimum atomic E-state index is -0.131. The first-order valence-electron chi connectivity index (χ1n) is 9.71. The van der Waals surface area contributed by atoms with E-state index in [9.17, 15) is 4.79 Å². The molecule has 2 aromatic carbocycles.